The van der Waals surface area contributed by atoms with Crippen LogP contribution < -0.4 is 5.32 Å². The summed E-state index contributed by atoms with van der Waals surface area (Å²) in [5.74, 6) is -1.30. The van der Waals surface area contributed by atoms with E-state index in [9.17, 15) is 35.9 Å². The van der Waals surface area contributed by atoms with Crippen LogP contribution in [0.4, 0.5) is 37.7 Å². The summed E-state index contributed by atoms with van der Waals surface area (Å²) in [5.41, 5.74) is -4.20. The number of hydrogen-bond donors (Lipinski definition) is 1. The van der Waals surface area contributed by atoms with Gasteiger partial charge in [-0.25, -0.2) is 0 Å². The molecule has 198 valence electrons. The van der Waals surface area contributed by atoms with E-state index in [0.29, 0.717) is 23.4 Å². The number of fused-ring (bicyclic) bond motifs is 3. The molecule has 2 aliphatic heterocycles. The van der Waals surface area contributed by atoms with Gasteiger partial charge in [-0.15, -0.1) is 0 Å². The predicted molar refractivity (Wildman–Crippen MR) is 123 cm³/mol. The molecule has 1 amide bonds. The largest absolute Gasteiger partial charge is 0.456 e. The van der Waals surface area contributed by atoms with Crippen molar-refractivity contribution in [1.82, 2.24) is 4.90 Å². The number of carbonyl (C=O) groups is 2. The van der Waals surface area contributed by atoms with E-state index in [4.69, 9.17) is 27.9 Å². The molecule has 1 N–H and O–H groups in total. The van der Waals surface area contributed by atoms with Crippen LogP contribution in [-0.4, -0.2) is 42.2 Å². The molecule has 2 aliphatic rings. The van der Waals surface area contributed by atoms with Gasteiger partial charge in [0, 0.05) is 31.1 Å². The van der Waals surface area contributed by atoms with Gasteiger partial charge in [0.05, 0.1) is 39.1 Å². The number of esters is 1. The minimum Gasteiger partial charge on any atom is -0.456 e. The van der Waals surface area contributed by atoms with Crippen LogP contribution in [0.5, 0.6) is 0 Å². The van der Waals surface area contributed by atoms with Gasteiger partial charge in [0.15, 0.2) is 6.61 Å². The number of halogens is 8. The first-order chi connectivity index (χ1) is 17.1. The van der Waals surface area contributed by atoms with E-state index < -0.39 is 53.2 Å². The summed E-state index contributed by atoms with van der Waals surface area (Å²) in [7, 11) is 0. The fourth-order valence-corrected chi connectivity index (χ4v) is 4.71. The van der Waals surface area contributed by atoms with Gasteiger partial charge in [-0.1, -0.05) is 29.3 Å². The van der Waals surface area contributed by atoms with Gasteiger partial charge >= 0.3 is 18.3 Å². The van der Waals surface area contributed by atoms with Gasteiger partial charge in [-0.05, 0) is 24.3 Å². The predicted octanol–water partition coefficient (Wildman–Crippen LogP) is 6.22. The average molecular weight is 568 g/mol. The Balaban J connectivity index is 1.84. The summed E-state index contributed by atoms with van der Waals surface area (Å²) in [4.78, 5) is 29.6. The number of rotatable bonds is 4. The molecule has 1 atom stereocenters. The highest BCUT2D eigenvalue weighted by Crippen LogP contribution is 2.50. The summed E-state index contributed by atoms with van der Waals surface area (Å²) in [6.07, 6.45) is -10.0. The van der Waals surface area contributed by atoms with Crippen LogP contribution in [0.15, 0.2) is 35.3 Å². The monoisotopic (exact) mass is 567 g/mol. The molecule has 6 nitrogen and oxygen atoms in total. The summed E-state index contributed by atoms with van der Waals surface area (Å²) < 4.78 is 85.7. The molecule has 4 rings (SSSR count). The Morgan fingerprint density at radius 1 is 1.08 bits per heavy atom. The van der Waals surface area contributed by atoms with Crippen molar-refractivity contribution in [2.45, 2.75) is 31.2 Å². The van der Waals surface area contributed by atoms with Crippen molar-refractivity contribution in [3.63, 3.8) is 0 Å². The molecule has 0 spiro atoms. The Morgan fingerprint density at radius 3 is 2.27 bits per heavy atom. The van der Waals surface area contributed by atoms with Gasteiger partial charge in [0.1, 0.15) is 5.54 Å². The Morgan fingerprint density at radius 2 is 1.70 bits per heavy atom. The Kier molecular flexibility index (Phi) is 6.87. The van der Waals surface area contributed by atoms with Crippen LogP contribution in [0.25, 0.3) is 0 Å². The fraction of sp³-hybridized carbons (Fsp3) is 0.348. The van der Waals surface area contributed by atoms with Gasteiger partial charge in [0.25, 0.3) is 5.91 Å². The second kappa shape index (κ2) is 9.39. The Bertz CT molecular complexity index is 1280. The van der Waals surface area contributed by atoms with E-state index in [-0.39, 0.29) is 41.3 Å². The molecule has 0 radical (unpaired) electrons. The van der Waals surface area contributed by atoms with Crippen LogP contribution >= 0.6 is 23.2 Å². The molecule has 2 heterocycles. The molecular weight excluding hydrogens is 551 g/mol. The zero-order valence-electron chi connectivity index (χ0n) is 18.9. The smallest absolute Gasteiger partial charge is 0.416 e. The number of likely N-dealkylation sites (tertiary alicyclic amines) is 1. The third-order valence-corrected chi connectivity index (χ3v) is 6.81. The van der Waals surface area contributed by atoms with Gasteiger partial charge < -0.3 is 15.0 Å². The van der Waals surface area contributed by atoms with Gasteiger partial charge in [-0.3, -0.25) is 14.6 Å². The first-order valence-corrected chi connectivity index (χ1v) is 11.4. The first-order valence-electron chi connectivity index (χ1n) is 10.7. The summed E-state index contributed by atoms with van der Waals surface area (Å²) >= 11 is 12.4. The highest BCUT2D eigenvalue weighted by molar-refractivity contribution is 6.44. The minimum absolute atomic E-state index is 0.0207. The number of anilines is 1. The molecule has 1 saturated heterocycles. The highest BCUT2D eigenvalue weighted by atomic mass is 35.5. The Labute approximate surface area is 216 Å². The molecule has 0 saturated carbocycles. The van der Waals surface area contributed by atoms with E-state index >= 15 is 0 Å². The standard InChI is InChI=1S/C23H17Cl2F6N3O3/c1-11(35)37-9-18(36)34-5-4-17-21(10-34,15-2-3-16(24)19(25)20(15)32-17)33-14-7-12(22(26,27)28)6-13(8-14)23(29,30)31/h2-3,6-8,33H,4-5,9-10H2,1H3. The average Bonchev–Trinajstić information content (AvgIpc) is 3.12. The van der Waals surface area contributed by atoms with Crippen LogP contribution in [0, 0.1) is 0 Å². The fourth-order valence-electron chi connectivity index (χ4n) is 4.35. The molecular formula is C23H17Cl2F6N3O3. The van der Waals surface area contributed by atoms with Gasteiger partial charge in [0.2, 0.25) is 0 Å². The number of aliphatic imine (C=N–C) groups is 1. The molecule has 0 aromatic heterocycles. The number of piperidine rings is 1. The first kappa shape index (κ1) is 27.1. The third kappa shape index (κ3) is 5.22. The van der Waals surface area contributed by atoms with Crippen molar-refractivity contribution in [2.24, 2.45) is 4.99 Å². The van der Waals surface area contributed by atoms with E-state index in [0.717, 1.165) is 6.92 Å². The maximum absolute atomic E-state index is 13.5. The summed E-state index contributed by atoms with van der Waals surface area (Å²) in [5, 5.41) is 2.98. The molecule has 0 bridgehead atoms. The van der Waals surface area contributed by atoms with Crippen molar-refractivity contribution in [2.75, 3.05) is 25.0 Å². The van der Waals surface area contributed by atoms with Crippen molar-refractivity contribution >= 4 is 52.2 Å². The molecule has 2 aromatic carbocycles. The van der Waals surface area contributed by atoms with Crippen LogP contribution in [0.3, 0.4) is 0 Å². The lowest BCUT2D eigenvalue weighted by Crippen LogP contribution is -2.57. The summed E-state index contributed by atoms with van der Waals surface area (Å²) in [6, 6.07) is 4.03. The zero-order valence-corrected chi connectivity index (χ0v) is 20.4. The van der Waals surface area contributed by atoms with Crippen molar-refractivity contribution < 1.29 is 40.7 Å². The zero-order chi connectivity index (χ0) is 27.3. The maximum atomic E-state index is 13.5. The van der Waals surface area contributed by atoms with Gasteiger partial charge in [-0.2, -0.15) is 26.3 Å². The van der Waals surface area contributed by atoms with Crippen molar-refractivity contribution in [3.8, 4) is 0 Å². The third-order valence-electron chi connectivity index (χ3n) is 6.01. The molecule has 1 unspecified atom stereocenters. The van der Waals surface area contributed by atoms with E-state index in [1.165, 1.54) is 17.0 Å². The SMILES string of the molecule is CC(=O)OCC(=O)N1CCC2=Nc3c(ccc(Cl)c3Cl)C2(Nc2cc(C(F)(F)F)cc(C(F)(F)F)c2)C1. The number of amides is 1. The van der Waals surface area contributed by atoms with Crippen LogP contribution in [0.1, 0.15) is 30.0 Å². The molecule has 1 fully saturated rings. The van der Waals surface area contributed by atoms with Crippen molar-refractivity contribution in [3.05, 3.63) is 57.1 Å². The Hall–Kier alpha value is -2.99. The molecule has 0 aliphatic carbocycles. The maximum Gasteiger partial charge on any atom is 0.416 e. The minimum atomic E-state index is -5.06. The lowest BCUT2D eigenvalue weighted by Gasteiger charge is -2.43. The molecule has 14 heteroatoms. The number of benzene rings is 2. The number of hydrogen-bond acceptors (Lipinski definition) is 5. The lowest BCUT2D eigenvalue weighted by atomic mass is 9.81. The van der Waals surface area contributed by atoms with Crippen LogP contribution in [-0.2, 0) is 32.2 Å². The highest BCUT2D eigenvalue weighted by Gasteiger charge is 2.49. The lowest BCUT2D eigenvalue weighted by molar-refractivity contribution is -0.150. The number of alkyl halides is 6. The topological polar surface area (TPSA) is 71.0 Å². The van der Waals surface area contributed by atoms with E-state index in [1.54, 1.807) is 0 Å². The number of ether oxygens (including phenoxy) is 1. The molecule has 37 heavy (non-hydrogen) atoms. The van der Waals surface area contributed by atoms with Crippen LogP contribution in [0.2, 0.25) is 10.0 Å². The van der Waals surface area contributed by atoms with E-state index in [2.05, 4.69) is 10.3 Å². The summed E-state index contributed by atoms with van der Waals surface area (Å²) in [6.45, 7) is 0.391. The molecule has 2 aromatic rings. The second-order valence-electron chi connectivity index (χ2n) is 8.49. The second-order valence-corrected chi connectivity index (χ2v) is 9.27. The number of nitrogens with zero attached hydrogens (tertiary/aromatic N) is 2. The number of nitrogens with one attached hydrogen (secondary N) is 1. The quantitative estimate of drug-likeness (QED) is 0.352. The number of carbonyl (C=O) groups excluding carboxylic acids is 2. The normalized spacial score (nSPS) is 19.2. The van der Waals surface area contributed by atoms with Crippen molar-refractivity contribution in [1.29, 1.82) is 0 Å². The van der Waals surface area contributed by atoms with E-state index in [1.807, 2.05) is 0 Å².